The average Bonchev–Trinajstić information content (AvgIpc) is 2.42. The first-order valence-corrected chi connectivity index (χ1v) is 6.72. The molecule has 0 fully saturated rings. The van der Waals surface area contributed by atoms with Gasteiger partial charge in [0, 0.05) is 6.07 Å². The largest absolute Gasteiger partial charge is 0.480 e. The second-order valence-electron chi connectivity index (χ2n) is 4.40. The Morgan fingerprint density at radius 1 is 1.48 bits per heavy atom. The SMILES string of the molecule is CCCCC(NC(=O)c1c(Cl)cccc1[N+](=O)[O-])C(=O)O. The van der Waals surface area contributed by atoms with E-state index in [4.69, 9.17) is 16.7 Å². The van der Waals surface area contributed by atoms with Crippen LogP contribution in [0.25, 0.3) is 0 Å². The summed E-state index contributed by atoms with van der Waals surface area (Å²) < 4.78 is 0. The molecule has 2 N–H and O–H groups in total. The van der Waals surface area contributed by atoms with Crippen LogP contribution in [-0.4, -0.2) is 27.9 Å². The number of unbranched alkanes of at least 4 members (excludes halogenated alkanes) is 1. The van der Waals surface area contributed by atoms with Gasteiger partial charge in [0.05, 0.1) is 9.95 Å². The zero-order valence-corrected chi connectivity index (χ0v) is 12.1. The van der Waals surface area contributed by atoms with Crippen molar-refractivity contribution in [3.8, 4) is 0 Å². The van der Waals surface area contributed by atoms with E-state index in [1.807, 2.05) is 6.92 Å². The lowest BCUT2D eigenvalue weighted by atomic mass is 10.1. The minimum absolute atomic E-state index is 0.0960. The molecule has 1 unspecified atom stereocenters. The van der Waals surface area contributed by atoms with Gasteiger partial charge in [-0.3, -0.25) is 14.9 Å². The van der Waals surface area contributed by atoms with Gasteiger partial charge in [-0.1, -0.05) is 37.4 Å². The van der Waals surface area contributed by atoms with Crippen LogP contribution in [0, 0.1) is 10.1 Å². The van der Waals surface area contributed by atoms with Gasteiger partial charge in [0.15, 0.2) is 0 Å². The Bertz CT molecular complexity index is 561. The maximum absolute atomic E-state index is 12.1. The van der Waals surface area contributed by atoms with Crippen LogP contribution in [0.1, 0.15) is 36.5 Å². The summed E-state index contributed by atoms with van der Waals surface area (Å²) in [6.45, 7) is 1.89. The number of nitrogens with one attached hydrogen (secondary N) is 1. The average molecular weight is 315 g/mol. The summed E-state index contributed by atoms with van der Waals surface area (Å²) in [5.41, 5.74) is -0.786. The summed E-state index contributed by atoms with van der Waals surface area (Å²) in [6.07, 6.45) is 1.63. The van der Waals surface area contributed by atoms with Crippen molar-refractivity contribution in [2.75, 3.05) is 0 Å². The van der Waals surface area contributed by atoms with Gasteiger partial charge in [-0.2, -0.15) is 0 Å². The van der Waals surface area contributed by atoms with Gasteiger partial charge in [-0.25, -0.2) is 4.79 Å². The molecule has 114 valence electrons. The van der Waals surface area contributed by atoms with Crippen molar-refractivity contribution < 1.29 is 19.6 Å². The van der Waals surface area contributed by atoms with Crippen LogP contribution in [0.4, 0.5) is 5.69 Å². The summed E-state index contributed by atoms with van der Waals surface area (Å²) in [4.78, 5) is 33.4. The number of hydrogen-bond acceptors (Lipinski definition) is 4. The van der Waals surface area contributed by atoms with Crippen molar-refractivity contribution in [3.05, 3.63) is 38.9 Å². The van der Waals surface area contributed by atoms with E-state index in [9.17, 15) is 19.7 Å². The van der Waals surface area contributed by atoms with Crippen molar-refractivity contribution in [2.24, 2.45) is 0 Å². The summed E-state index contributed by atoms with van der Waals surface area (Å²) in [7, 11) is 0. The van der Waals surface area contributed by atoms with Gasteiger partial charge in [0.1, 0.15) is 11.6 Å². The number of carbonyl (C=O) groups is 2. The number of carboxylic acid groups (broad SMARTS) is 1. The molecule has 0 spiro atoms. The molecular weight excluding hydrogens is 300 g/mol. The van der Waals surface area contributed by atoms with Crippen molar-refractivity contribution in [1.29, 1.82) is 0 Å². The number of benzene rings is 1. The predicted molar refractivity (Wildman–Crippen MR) is 76.5 cm³/mol. The molecule has 1 atom stereocenters. The molecule has 0 heterocycles. The fraction of sp³-hybridized carbons (Fsp3) is 0.385. The smallest absolute Gasteiger partial charge is 0.326 e. The Hall–Kier alpha value is -2.15. The molecule has 0 aliphatic carbocycles. The minimum atomic E-state index is -1.19. The first-order valence-electron chi connectivity index (χ1n) is 6.35. The Labute approximate surface area is 126 Å². The number of amides is 1. The first-order chi connectivity index (χ1) is 9.88. The molecule has 7 nitrogen and oxygen atoms in total. The monoisotopic (exact) mass is 314 g/mol. The second-order valence-corrected chi connectivity index (χ2v) is 4.80. The second kappa shape index (κ2) is 7.58. The van der Waals surface area contributed by atoms with Crippen molar-refractivity contribution in [2.45, 2.75) is 32.2 Å². The summed E-state index contributed by atoms with van der Waals surface area (Å²) in [5.74, 6) is -2.05. The number of hydrogen-bond donors (Lipinski definition) is 2. The van der Waals surface area contributed by atoms with E-state index in [1.54, 1.807) is 0 Å². The van der Waals surface area contributed by atoms with E-state index in [0.717, 1.165) is 12.5 Å². The number of carbonyl (C=O) groups excluding carboxylic acids is 1. The zero-order chi connectivity index (χ0) is 16.0. The maximum Gasteiger partial charge on any atom is 0.326 e. The summed E-state index contributed by atoms with van der Waals surface area (Å²) >= 11 is 5.82. The zero-order valence-electron chi connectivity index (χ0n) is 11.3. The van der Waals surface area contributed by atoms with E-state index in [2.05, 4.69) is 5.32 Å². The van der Waals surface area contributed by atoms with Crippen LogP contribution < -0.4 is 5.32 Å². The standard InChI is InChI=1S/C13H15ClN2O5/c1-2-3-6-9(13(18)19)15-12(17)11-8(14)5-4-7-10(11)16(20)21/h4-5,7,9H,2-3,6H2,1H3,(H,15,17)(H,18,19). The molecule has 0 aliphatic heterocycles. The van der Waals surface area contributed by atoms with Crippen LogP contribution in [0.5, 0.6) is 0 Å². The highest BCUT2D eigenvalue weighted by Gasteiger charge is 2.27. The molecule has 1 aromatic carbocycles. The molecule has 0 aliphatic rings. The van der Waals surface area contributed by atoms with Crippen LogP contribution in [-0.2, 0) is 4.79 Å². The van der Waals surface area contributed by atoms with E-state index in [0.29, 0.717) is 6.42 Å². The number of carboxylic acids is 1. The van der Waals surface area contributed by atoms with Gasteiger partial charge in [-0.15, -0.1) is 0 Å². The molecule has 8 heteroatoms. The van der Waals surface area contributed by atoms with Crippen LogP contribution in [0.2, 0.25) is 5.02 Å². The van der Waals surface area contributed by atoms with Crippen molar-refractivity contribution in [1.82, 2.24) is 5.32 Å². The predicted octanol–water partition coefficient (Wildman–Crippen LogP) is 2.62. The van der Waals surface area contributed by atoms with Crippen LogP contribution in [0.3, 0.4) is 0 Å². The molecule has 0 saturated heterocycles. The minimum Gasteiger partial charge on any atom is -0.480 e. The Balaban J connectivity index is 3.02. The lowest BCUT2D eigenvalue weighted by Crippen LogP contribution is -2.41. The Morgan fingerprint density at radius 2 is 2.14 bits per heavy atom. The first kappa shape index (κ1) is 16.9. The molecule has 0 bridgehead atoms. The van der Waals surface area contributed by atoms with Gasteiger partial charge < -0.3 is 10.4 Å². The van der Waals surface area contributed by atoms with Gasteiger partial charge >= 0.3 is 5.97 Å². The molecule has 21 heavy (non-hydrogen) atoms. The normalized spacial score (nSPS) is 11.7. The van der Waals surface area contributed by atoms with E-state index >= 15 is 0 Å². The summed E-state index contributed by atoms with van der Waals surface area (Å²) in [5, 5.41) is 22.2. The third-order valence-corrected chi connectivity index (χ3v) is 3.18. The van der Waals surface area contributed by atoms with Gasteiger partial charge in [0.2, 0.25) is 0 Å². The van der Waals surface area contributed by atoms with Gasteiger partial charge in [-0.05, 0) is 12.5 Å². The van der Waals surface area contributed by atoms with Crippen LogP contribution >= 0.6 is 11.6 Å². The number of nitrogens with zero attached hydrogens (tertiary/aromatic N) is 1. The lowest BCUT2D eigenvalue weighted by Gasteiger charge is -2.14. The number of rotatable bonds is 7. The van der Waals surface area contributed by atoms with E-state index in [1.165, 1.54) is 12.1 Å². The molecule has 0 radical (unpaired) electrons. The van der Waals surface area contributed by atoms with E-state index < -0.39 is 28.5 Å². The number of nitro benzene ring substituents is 1. The highest BCUT2D eigenvalue weighted by molar-refractivity contribution is 6.34. The number of nitro groups is 1. The Kier molecular flexibility index (Phi) is 6.10. The molecule has 1 rings (SSSR count). The number of aliphatic carboxylic acids is 1. The fourth-order valence-electron chi connectivity index (χ4n) is 1.79. The fourth-order valence-corrected chi connectivity index (χ4v) is 2.04. The number of halogens is 1. The highest BCUT2D eigenvalue weighted by Crippen LogP contribution is 2.26. The lowest BCUT2D eigenvalue weighted by molar-refractivity contribution is -0.385. The Morgan fingerprint density at radius 3 is 2.67 bits per heavy atom. The molecule has 1 aromatic rings. The highest BCUT2D eigenvalue weighted by atomic mass is 35.5. The van der Waals surface area contributed by atoms with Gasteiger partial charge in [0.25, 0.3) is 11.6 Å². The third kappa shape index (κ3) is 4.42. The topological polar surface area (TPSA) is 110 Å². The molecule has 0 saturated carbocycles. The molecule has 0 aromatic heterocycles. The van der Waals surface area contributed by atoms with Crippen molar-refractivity contribution in [3.63, 3.8) is 0 Å². The van der Waals surface area contributed by atoms with Crippen LogP contribution in [0.15, 0.2) is 18.2 Å². The third-order valence-electron chi connectivity index (χ3n) is 2.87. The molecular formula is C13H15ClN2O5. The van der Waals surface area contributed by atoms with Crippen molar-refractivity contribution >= 4 is 29.2 Å². The quantitative estimate of drug-likeness (QED) is 0.594. The maximum atomic E-state index is 12.1. The summed E-state index contributed by atoms with van der Waals surface area (Å²) in [6, 6.07) is 2.73. The molecule has 1 amide bonds. The van der Waals surface area contributed by atoms with E-state index in [-0.39, 0.29) is 17.0 Å².